The first-order valence-electron chi connectivity index (χ1n) is 7.74. The minimum Gasteiger partial charge on any atom is -0.207 e. The van der Waals surface area contributed by atoms with Gasteiger partial charge in [-0.2, -0.15) is 4.31 Å². The highest BCUT2D eigenvalue weighted by atomic mass is 35.5. The van der Waals surface area contributed by atoms with Crippen LogP contribution in [0.15, 0.2) is 23.1 Å². The minimum atomic E-state index is -3.39. The summed E-state index contributed by atoms with van der Waals surface area (Å²) < 4.78 is 27.4. The standard InChI is InChI=1S/C16H24ClNO2S/c1-3-5-10-18(15-7-8-15)21(19,20)16-9-6-13(4-2)14(11-16)12-17/h6,9,11,15H,3-5,7-8,10,12H2,1-2H3. The first-order chi connectivity index (χ1) is 10.0. The summed E-state index contributed by atoms with van der Waals surface area (Å²) in [5.74, 6) is 0.352. The molecule has 0 atom stereocenters. The Balaban J connectivity index is 2.32. The van der Waals surface area contributed by atoms with Crippen LogP contribution in [0, 0.1) is 0 Å². The van der Waals surface area contributed by atoms with Crippen molar-refractivity contribution in [3.05, 3.63) is 29.3 Å². The van der Waals surface area contributed by atoms with Gasteiger partial charge in [0, 0.05) is 18.5 Å². The Hall–Kier alpha value is -0.580. The van der Waals surface area contributed by atoms with Gasteiger partial charge in [-0.1, -0.05) is 26.3 Å². The van der Waals surface area contributed by atoms with Gasteiger partial charge in [-0.05, 0) is 48.9 Å². The van der Waals surface area contributed by atoms with Crippen LogP contribution < -0.4 is 0 Å². The number of hydrogen-bond acceptors (Lipinski definition) is 2. The molecule has 0 bridgehead atoms. The lowest BCUT2D eigenvalue weighted by Crippen LogP contribution is -2.34. The van der Waals surface area contributed by atoms with Gasteiger partial charge in [0.2, 0.25) is 10.0 Å². The van der Waals surface area contributed by atoms with Crippen LogP contribution in [-0.2, 0) is 22.3 Å². The fraction of sp³-hybridized carbons (Fsp3) is 0.625. The topological polar surface area (TPSA) is 37.4 Å². The molecular weight excluding hydrogens is 306 g/mol. The highest BCUT2D eigenvalue weighted by Gasteiger charge is 2.37. The van der Waals surface area contributed by atoms with Crippen molar-refractivity contribution >= 4 is 21.6 Å². The van der Waals surface area contributed by atoms with E-state index >= 15 is 0 Å². The van der Waals surface area contributed by atoms with Crippen molar-refractivity contribution in [1.29, 1.82) is 0 Å². The molecule has 0 amide bonds. The Labute approximate surface area is 133 Å². The lowest BCUT2D eigenvalue weighted by Gasteiger charge is -2.22. The van der Waals surface area contributed by atoms with Crippen molar-refractivity contribution in [3.63, 3.8) is 0 Å². The quantitative estimate of drug-likeness (QED) is 0.677. The molecule has 1 aromatic carbocycles. The Morgan fingerprint density at radius 2 is 1.95 bits per heavy atom. The summed E-state index contributed by atoms with van der Waals surface area (Å²) >= 11 is 5.96. The number of benzene rings is 1. The SMILES string of the molecule is CCCCN(C1CC1)S(=O)(=O)c1ccc(CC)c(CCl)c1. The third kappa shape index (κ3) is 3.79. The number of halogens is 1. The number of sulfonamides is 1. The molecule has 1 aliphatic carbocycles. The van der Waals surface area contributed by atoms with Crippen molar-refractivity contribution in [1.82, 2.24) is 4.31 Å². The van der Waals surface area contributed by atoms with Crippen molar-refractivity contribution in [3.8, 4) is 0 Å². The molecule has 0 radical (unpaired) electrons. The van der Waals surface area contributed by atoms with E-state index in [1.807, 2.05) is 6.07 Å². The first kappa shape index (κ1) is 16.8. The van der Waals surface area contributed by atoms with Crippen molar-refractivity contribution in [2.75, 3.05) is 6.54 Å². The number of hydrogen-bond donors (Lipinski definition) is 0. The zero-order chi connectivity index (χ0) is 15.5. The molecule has 0 aliphatic heterocycles. The fourth-order valence-electron chi connectivity index (χ4n) is 2.54. The van der Waals surface area contributed by atoms with Gasteiger partial charge in [-0.3, -0.25) is 0 Å². The maximum absolute atomic E-state index is 12.9. The van der Waals surface area contributed by atoms with Gasteiger partial charge in [0.05, 0.1) is 4.90 Å². The van der Waals surface area contributed by atoms with Crippen LogP contribution in [0.2, 0.25) is 0 Å². The second-order valence-corrected chi connectivity index (χ2v) is 7.78. The molecule has 21 heavy (non-hydrogen) atoms. The maximum atomic E-state index is 12.9. The summed E-state index contributed by atoms with van der Waals surface area (Å²) in [7, 11) is -3.39. The molecule has 2 rings (SSSR count). The lowest BCUT2D eigenvalue weighted by molar-refractivity contribution is 0.395. The molecule has 0 aromatic heterocycles. The highest BCUT2D eigenvalue weighted by molar-refractivity contribution is 7.89. The Morgan fingerprint density at radius 1 is 1.24 bits per heavy atom. The van der Waals surface area contributed by atoms with Crippen molar-refractivity contribution < 1.29 is 8.42 Å². The second-order valence-electron chi connectivity index (χ2n) is 5.62. The average molecular weight is 330 g/mol. The molecule has 118 valence electrons. The Kier molecular flexibility index (Phi) is 5.69. The summed E-state index contributed by atoms with van der Waals surface area (Å²) in [6.45, 7) is 4.76. The number of unbranched alkanes of at least 4 members (excludes halogenated alkanes) is 1. The van der Waals surface area contributed by atoms with Crippen LogP contribution in [0.1, 0.15) is 50.7 Å². The highest BCUT2D eigenvalue weighted by Crippen LogP contribution is 2.33. The van der Waals surface area contributed by atoms with Crippen LogP contribution in [0.5, 0.6) is 0 Å². The van der Waals surface area contributed by atoms with E-state index in [-0.39, 0.29) is 6.04 Å². The van der Waals surface area contributed by atoms with Gasteiger partial charge in [-0.15, -0.1) is 11.6 Å². The zero-order valence-corrected chi connectivity index (χ0v) is 14.4. The van der Waals surface area contributed by atoms with Crippen LogP contribution in [0.4, 0.5) is 0 Å². The maximum Gasteiger partial charge on any atom is 0.243 e. The number of rotatable bonds is 8. The summed E-state index contributed by atoms with van der Waals surface area (Å²) in [6, 6.07) is 5.58. The van der Waals surface area contributed by atoms with Gasteiger partial charge >= 0.3 is 0 Å². The normalized spacial score (nSPS) is 15.6. The van der Waals surface area contributed by atoms with Crippen LogP contribution in [0.3, 0.4) is 0 Å². The predicted octanol–water partition coefficient (Wildman–Crippen LogP) is 3.94. The fourth-order valence-corrected chi connectivity index (χ4v) is 4.57. The Morgan fingerprint density at radius 3 is 2.48 bits per heavy atom. The van der Waals surface area contributed by atoms with E-state index in [0.29, 0.717) is 17.3 Å². The second kappa shape index (κ2) is 7.12. The molecule has 1 saturated carbocycles. The summed E-state index contributed by atoms with van der Waals surface area (Å²) in [4.78, 5) is 0.387. The summed E-state index contributed by atoms with van der Waals surface area (Å²) in [5, 5.41) is 0. The van der Waals surface area contributed by atoms with Crippen LogP contribution in [0.25, 0.3) is 0 Å². The summed E-state index contributed by atoms with van der Waals surface area (Å²) in [6.07, 6.45) is 4.74. The van der Waals surface area contributed by atoms with Gasteiger partial charge < -0.3 is 0 Å². The average Bonchev–Trinajstić information content (AvgIpc) is 3.31. The van der Waals surface area contributed by atoms with Crippen LogP contribution >= 0.6 is 11.6 Å². The molecule has 0 spiro atoms. The molecule has 5 heteroatoms. The molecular formula is C16H24ClNO2S. The molecule has 3 nitrogen and oxygen atoms in total. The van der Waals surface area contributed by atoms with Gasteiger partial charge in [0.25, 0.3) is 0 Å². The molecule has 1 aromatic rings. The Bertz CT molecular complexity index is 582. The van der Waals surface area contributed by atoms with Crippen molar-refractivity contribution in [2.24, 2.45) is 0 Å². The smallest absolute Gasteiger partial charge is 0.207 e. The van der Waals surface area contributed by atoms with Gasteiger partial charge in [0.1, 0.15) is 0 Å². The van der Waals surface area contributed by atoms with E-state index in [2.05, 4.69) is 13.8 Å². The number of aryl methyl sites for hydroxylation is 1. The van der Waals surface area contributed by atoms with E-state index in [9.17, 15) is 8.42 Å². The first-order valence-corrected chi connectivity index (χ1v) is 9.71. The number of nitrogens with zero attached hydrogens (tertiary/aromatic N) is 1. The third-order valence-electron chi connectivity index (χ3n) is 4.00. The molecule has 0 heterocycles. The third-order valence-corrected chi connectivity index (χ3v) is 6.23. The molecule has 1 fully saturated rings. The van der Waals surface area contributed by atoms with Gasteiger partial charge in [-0.25, -0.2) is 8.42 Å². The predicted molar refractivity (Wildman–Crippen MR) is 87.2 cm³/mol. The zero-order valence-electron chi connectivity index (χ0n) is 12.8. The van der Waals surface area contributed by atoms with E-state index in [1.54, 1.807) is 16.4 Å². The lowest BCUT2D eigenvalue weighted by atomic mass is 10.1. The van der Waals surface area contributed by atoms with E-state index < -0.39 is 10.0 Å². The van der Waals surface area contributed by atoms with Crippen molar-refractivity contribution in [2.45, 2.75) is 62.8 Å². The van der Waals surface area contributed by atoms with Crippen LogP contribution in [-0.4, -0.2) is 25.3 Å². The van der Waals surface area contributed by atoms with Gasteiger partial charge in [0.15, 0.2) is 0 Å². The van der Waals surface area contributed by atoms with E-state index in [0.717, 1.165) is 43.2 Å². The molecule has 0 unspecified atom stereocenters. The van der Waals surface area contributed by atoms with E-state index in [1.165, 1.54) is 0 Å². The van der Waals surface area contributed by atoms with E-state index in [4.69, 9.17) is 11.6 Å². The number of alkyl halides is 1. The largest absolute Gasteiger partial charge is 0.243 e. The summed E-state index contributed by atoms with van der Waals surface area (Å²) in [5.41, 5.74) is 2.04. The molecule has 0 N–H and O–H groups in total. The molecule has 0 saturated heterocycles. The minimum absolute atomic E-state index is 0.201. The molecule has 1 aliphatic rings. The monoisotopic (exact) mass is 329 g/mol.